The highest BCUT2D eigenvalue weighted by atomic mass is 79.9. The molecule has 1 aromatic rings. The third-order valence-electron chi connectivity index (χ3n) is 3.30. The molecular formula is C15H21BrClN3O2. The Balaban J connectivity index is 1.84. The summed E-state index contributed by atoms with van der Waals surface area (Å²) < 4.78 is 6.17. The van der Waals surface area contributed by atoms with Crippen molar-refractivity contribution in [2.75, 3.05) is 18.4 Å². The predicted octanol–water partition coefficient (Wildman–Crippen LogP) is 4.31. The lowest BCUT2D eigenvalue weighted by Gasteiger charge is -2.33. The van der Waals surface area contributed by atoms with Crippen LogP contribution in [0.15, 0.2) is 16.6 Å². The molecule has 1 N–H and O–H groups in total. The van der Waals surface area contributed by atoms with Gasteiger partial charge in [-0.2, -0.15) is 0 Å². The topological polar surface area (TPSA) is 54.5 Å². The third kappa shape index (κ3) is 5.02. The highest BCUT2D eigenvalue weighted by molar-refractivity contribution is 9.10. The van der Waals surface area contributed by atoms with Crippen molar-refractivity contribution in [3.8, 4) is 0 Å². The van der Waals surface area contributed by atoms with Gasteiger partial charge in [-0.3, -0.25) is 0 Å². The van der Waals surface area contributed by atoms with E-state index in [0.29, 0.717) is 18.2 Å². The van der Waals surface area contributed by atoms with Crippen LogP contribution in [0, 0.1) is 0 Å². The Morgan fingerprint density at radius 1 is 1.41 bits per heavy atom. The van der Waals surface area contributed by atoms with E-state index in [4.69, 9.17) is 16.3 Å². The van der Waals surface area contributed by atoms with Crippen LogP contribution >= 0.6 is 27.5 Å². The minimum atomic E-state index is -0.454. The van der Waals surface area contributed by atoms with Crippen LogP contribution in [0.2, 0.25) is 5.15 Å². The Morgan fingerprint density at radius 3 is 2.59 bits per heavy atom. The van der Waals surface area contributed by atoms with Gasteiger partial charge >= 0.3 is 6.09 Å². The summed E-state index contributed by atoms with van der Waals surface area (Å²) in [4.78, 5) is 18.0. The fraction of sp³-hybridized carbons (Fsp3) is 0.600. The Labute approximate surface area is 144 Å². The number of hydrogen-bond acceptors (Lipinski definition) is 4. The van der Waals surface area contributed by atoms with Gasteiger partial charge in [-0.1, -0.05) is 11.6 Å². The molecule has 0 spiro atoms. The summed E-state index contributed by atoms with van der Waals surface area (Å²) >= 11 is 9.31. The lowest BCUT2D eigenvalue weighted by Crippen LogP contribution is -2.44. The first-order valence-electron chi connectivity index (χ1n) is 7.31. The fourth-order valence-corrected chi connectivity index (χ4v) is 2.61. The highest BCUT2D eigenvalue weighted by Crippen LogP contribution is 2.23. The zero-order chi connectivity index (χ0) is 16.3. The van der Waals surface area contributed by atoms with Crippen molar-refractivity contribution in [3.63, 3.8) is 0 Å². The molecule has 0 aliphatic carbocycles. The van der Waals surface area contributed by atoms with Crippen molar-refractivity contribution < 1.29 is 9.53 Å². The van der Waals surface area contributed by atoms with Crippen molar-refractivity contribution >= 4 is 39.4 Å². The van der Waals surface area contributed by atoms with Gasteiger partial charge in [0.15, 0.2) is 0 Å². The summed E-state index contributed by atoms with van der Waals surface area (Å²) in [6, 6.07) is 4.03. The minimum Gasteiger partial charge on any atom is -0.444 e. The van der Waals surface area contributed by atoms with Crippen molar-refractivity contribution in [1.82, 2.24) is 9.88 Å². The standard InChI is InChI=1S/C15H21BrClN3O2/c1-15(2,3)22-14(21)20-8-6-10(7-9-20)18-12-5-4-11(16)13(17)19-12/h4-5,10H,6-9H2,1-3H3,(H,18,19). The second kappa shape index (κ2) is 7.04. The smallest absolute Gasteiger partial charge is 0.410 e. The fourth-order valence-electron chi connectivity index (χ4n) is 2.24. The monoisotopic (exact) mass is 389 g/mol. The molecule has 122 valence electrons. The Hall–Kier alpha value is -1.01. The summed E-state index contributed by atoms with van der Waals surface area (Å²) in [7, 11) is 0. The highest BCUT2D eigenvalue weighted by Gasteiger charge is 2.26. The van der Waals surface area contributed by atoms with Crippen LogP contribution in [0.25, 0.3) is 0 Å². The summed E-state index contributed by atoms with van der Waals surface area (Å²) in [5.74, 6) is 0.754. The first-order valence-corrected chi connectivity index (χ1v) is 8.48. The zero-order valence-corrected chi connectivity index (χ0v) is 15.4. The molecule has 2 rings (SSSR count). The molecule has 0 radical (unpaired) electrons. The van der Waals surface area contributed by atoms with E-state index in [2.05, 4.69) is 26.2 Å². The molecule has 1 fully saturated rings. The normalized spacial score (nSPS) is 16.5. The molecule has 1 aromatic heterocycles. The van der Waals surface area contributed by atoms with E-state index in [1.54, 1.807) is 4.90 Å². The number of likely N-dealkylation sites (tertiary alicyclic amines) is 1. The second-order valence-corrected chi connectivity index (χ2v) is 7.57. The predicted molar refractivity (Wildman–Crippen MR) is 91.4 cm³/mol. The number of aromatic nitrogens is 1. The van der Waals surface area contributed by atoms with Gasteiger partial charge in [0, 0.05) is 19.1 Å². The molecule has 0 aromatic carbocycles. The van der Waals surface area contributed by atoms with Gasteiger partial charge in [-0.15, -0.1) is 0 Å². The van der Waals surface area contributed by atoms with Gasteiger partial charge in [0.05, 0.1) is 4.47 Å². The Morgan fingerprint density at radius 2 is 2.05 bits per heavy atom. The van der Waals surface area contributed by atoms with Gasteiger partial charge in [0.2, 0.25) is 0 Å². The van der Waals surface area contributed by atoms with Crippen LogP contribution in [0.4, 0.5) is 10.6 Å². The number of pyridine rings is 1. The first-order chi connectivity index (χ1) is 10.2. The number of nitrogens with zero attached hydrogens (tertiary/aromatic N) is 2. The van der Waals surface area contributed by atoms with E-state index in [1.165, 1.54) is 0 Å². The Kier molecular flexibility index (Phi) is 5.55. The number of ether oxygens (including phenoxy) is 1. The number of rotatable bonds is 2. The van der Waals surface area contributed by atoms with Crippen LogP contribution in [-0.4, -0.2) is 40.7 Å². The first kappa shape index (κ1) is 17.3. The molecule has 0 unspecified atom stereocenters. The molecule has 1 saturated heterocycles. The van der Waals surface area contributed by atoms with Crippen molar-refractivity contribution in [3.05, 3.63) is 21.8 Å². The number of hydrogen-bond donors (Lipinski definition) is 1. The Bertz CT molecular complexity index is 540. The summed E-state index contributed by atoms with van der Waals surface area (Å²) in [5.41, 5.74) is -0.454. The zero-order valence-electron chi connectivity index (χ0n) is 13.0. The largest absolute Gasteiger partial charge is 0.444 e. The van der Waals surface area contributed by atoms with Crippen LogP contribution in [0.1, 0.15) is 33.6 Å². The third-order valence-corrected chi connectivity index (χ3v) is 4.46. The molecule has 2 heterocycles. The molecule has 1 aliphatic heterocycles. The van der Waals surface area contributed by atoms with Gasteiger partial charge in [0.25, 0.3) is 0 Å². The van der Waals surface area contributed by atoms with Crippen LogP contribution < -0.4 is 5.32 Å². The number of halogens is 2. The lowest BCUT2D eigenvalue weighted by atomic mass is 10.1. The molecule has 0 bridgehead atoms. The molecule has 0 atom stereocenters. The maximum Gasteiger partial charge on any atom is 0.410 e. The quantitative estimate of drug-likeness (QED) is 0.765. The molecule has 1 aliphatic rings. The van der Waals surface area contributed by atoms with E-state index in [1.807, 2.05) is 32.9 Å². The summed E-state index contributed by atoms with van der Waals surface area (Å²) in [6.45, 7) is 6.99. The molecule has 0 saturated carbocycles. The van der Waals surface area contributed by atoms with Gasteiger partial charge < -0.3 is 15.0 Å². The maximum absolute atomic E-state index is 12.0. The molecule has 22 heavy (non-hydrogen) atoms. The molecule has 7 heteroatoms. The number of nitrogens with one attached hydrogen (secondary N) is 1. The minimum absolute atomic E-state index is 0.240. The molecule has 1 amide bonds. The van der Waals surface area contributed by atoms with E-state index >= 15 is 0 Å². The number of carbonyl (C=O) groups excluding carboxylic acids is 1. The van der Waals surface area contributed by atoms with E-state index in [-0.39, 0.29) is 12.1 Å². The van der Waals surface area contributed by atoms with E-state index < -0.39 is 5.60 Å². The van der Waals surface area contributed by atoms with Crippen LogP contribution in [-0.2, 0) is 4.74 Å². The summed E-state index contributed by atoms with van der Waals surface area (Å²) in [6.07, 6.45) is 1.47. The molecular weight excluding hydrogens is 370 g/mol. The number of anilines is 1. The van der Waals surface area contributed by atoms with Crippen molar-refractivity contribution in [2.24, 2.45) is 0 Å². The number of piperidine rings is 1. The summed E-state index contributed by atoms with van der Waals surface area (Å²) in [5, 5.41) is 3.80. The number of carbonyl (C=O) groups is 1. The van der Waals surface area contributed by atoms with Gasteiger partial charge in [-0.25, -0.2) is 9.78 Å². The van der Waals surface area contributed by atoms with Crippen LogP contribution in [0.5, 0.6) is 0 Å². The SMILES string of the molecule is CC(C)(C)OC(=O)N1CCC(Nc2ccc(Br)c(Cl)n2)CC1. The van der Waals surface area contributed by atoms with Gasteiger partial charge in [0.1, 0.15) is 16.6 Å². The van der Waals surface area contributed by atoms with E-state index in [0.717, 1.165) is 23.1 Å². The average Bonchev–Trinajstić information content (AvgIpc) is 2.42. The van der Waals surface area contributed by atoms with Crippen molar-refractivity contribution in [1.29, 1.82) is 0 Å². The number of amides is 1. The second-order valence-electron chi connectivity index (χ2n) is 6.36. The average molecular weight is 391 g/mol. The van der Waals surface area contributed by atoms with Gasteiger partial charge in [-0.05, 0) is 61.7 Å². The lowest BCUT2D eigenvalue weighted by molar-refractivity contribution is 0.0210. The molecule has 5 nitrogen and oxygen atoms in total. The van der Waals surface area contributed by atoms with Crippen molar-refractivity contribution in [2.45, 2.75) is 45.3 Å². The maximum atomic E-state index is 12.0. The van der Waals surface area contributed by atoms with Crippen LogP contribution in [0.3, 0.4) is 0 Å². The van der Waals surface area contributed by atoms with E-state index in [9.17, 15) is 4.79 Å².